The van der Waals surface area contributed by atoms with Gasteiger partial charge in [-0.3, -0.25) is 14.9 Å². The van der Waals surface area contributed by atoms with Crippen LogP contribution in [-0.4, -0.2) is 37.5 Å². The molecule has 3 aromatic rings. The molecule has 0 aromatic heterocycles. The van der Waals surface area contributed by atoms with Crippen LogP contribution in [0, 0.1) is 5.41 Å². The molecule has 164 valence electrons. The molecule has 0 aliphatic heterocycles. The molecule has 0 heterocycles. The van der Waals surface area contributed by atoms with Gasteiger partial charge in [0.25, 0.3) is 5.91 Å². The van der Waals surface area contributed by atoms with Crippen molar-refractivity contribution in [3.05, 3.63) is 83.4 Å². The standard InChI is InChI=1S/C22H20N4O5S/c1-32(30,31)26-15-10-11-17(19(12-15)22(28)29)16-4-2-3-5-18(16)21(27)25-14-8-6-13(7-9-14)20(23)24/h2-12,26H,1H3,(H3,23,24)(H,25,27)(H,28,29). The normalized spacial score (nSPS) is 10.9. The Balaban J connectivity index is 1.99. The molecule has 9 nitrogen and oxygen atoms in total. The third-order valence-corrected chi connectivity index (χ3v) is 5.08. The highest BCUT2D eigenvalue weighted by Gasteiger charge is 2.19. The van der Waals surface area contributed by atoms with Crippen LogP contribution in [0.15, 0.2) is 66.7 Å². The lowest BCUT2D eigenvalue weighted by atomic mass is 9.94. The minimum atomic E-state index is -3.59. The first-order valence-electron chi connectivity index (χ1n) is 9.25. The third-order valence-electron chi connectivity index (χ3n) is 4.47. The number of aromatic carboxylic acids is 1. The summed E-state index contributed by atoms with van der Waals surface area (Å²) in [5.41, 5.74) is 7.21. The van der Waals surface area contributed by atoms with E-state index in [0.29, 0.717) is 16.8 Å². The van der Waals surface area contributed by atoms with Crippen molar-refractivity contribution in [2.24, 2.45) is 5.73 Å². The molecule has 0 saturated heterocycles. The lowest BCUT2D eigenvalue weighted by Gasteiger charge is -2.14. The number of benzene rings is 3. The van der Waals surface area contributed by atoms with Gasteiger partial charge in [-0.2, -0.15) is 0 Å². The van der Waals surface area contributed by atoms with Gasteiger partial charge in [-0.1, -0.05) is 24.3 Å². The van der Waals surface area contributed by atoms with Crippen LogP contribution in [0.25, 0.3) is 11.1 Å². The summed E-state index contributed by atoms with van der Waals surface area (Å²) in [6.07, 6.45) is 0.962. The highest BCUT2D eigenvalue weighted by atomic mass is 32.2. The summed E-state index contributed by atoms with van der Waals surface area (Å²) in [5.74, 6) is -1.83. The zero-order valence-corrected chi connectivity index (χ0v) is 17.7. The van der Waals surface area contributed by atoms with Gasteiger partial charge in [0.05, 0.1) is 11.8 Å². The van der Waals surface area contributed by atoms with Crippen molar-refractivity contribution in [1.82, 2.24) is 0 Å². The number of anilines is 2. The number of nitrogen functional groups attached to an aromatic ring is 1. The number of nitrogens with two attached hydrogens (primary N) is 1. The first kappa shape index (κ1) is 22.5. The molecular weight excluding hydrogens is 432 g/mol. The fourth-order valence-electron chi connectivity index (χ4n) is 3.08. The number of amides is 1. The molecule has 0 radical (unpaired) electrons. The Hall–Kier alpha value is -4.18. The van der Waals surface area contributed by atoms with E-state index in [2.05, 4.69) is 10.0 Å². The minimum absolute atomic E-state index is 0.0942. The van der Waals surface area contributed by atoms with Crippen molar-refractivity contribution in [2.75, 3.05) is 16.3 Å². The van der Waals surface area contributed by atoms with Gasteiger partial charge >= 0.3 is 5.97 Å². The largest absolute Gasteiger partial charge is 0.478 e. The topological polar surface area (TPSA) is 162 Å². The van der Waals surface area contributed by atoms with Crippen LogP contribution in [-0.2, 0) is 10.0 Å². The van der Waals surface area contributed by atoms with E-state index < -0.39 is 21.9 Å². The third kappa shape index (κ3) is 5.29. The SMILES string of the molecule is CS(=O)(=O)Nc1ccc(-c2ccccc2C(=O)Nc2ccc(C(=N)N)cc2)c(C(=O)O)c1. The highest BCUT2D eigenvalue weighted by molar-refractivity contribution is 7.92. The molecule has 0 aliphatic rings. The maximum absolute atomic E-state index is 12.9. The number of rotatable bonds is 7. The van der Waals surface area contributed by atoms with Crippen molar-refractivity contribution in [1.29, 1.82) is 5.41 Å². The highest BCUT2D eigenvalue weighted by Crippen LogP contribution is 2.30. The quantitative estimate of drug-likeness (QED) is 0.273. The van der Waals surface area contributed by atoms with Crippen LogP contribution in [0.1, 0.15) is 26.3 Å². The van der Waals surface area contributed by atoms with Crippen molar-refractivity contribution in [3.8, 4) is 11.1 Å². The summed E-state index contributed by atoms with van der Waals surface area (Å²) in [6.45, 7) is 0. The first-order valence-corrected chi connectivity index (χ1v) is 11.1. The van der Waals surface area contributed by atoms with Gasteiger partial charge in [0, 0.05) is 22.5 Å². The van der Waals surface area contributed by atoms with Crippen molar-refractivity contribution in [3.63, 3.8) is 0 Å². The second kappa shape index (κ2) is 8.90. The molecule has 3 aromatic carbocycles. The lowest BCUT2D eigenvalue weighted by Crippen LogP contribution is -2.15. The number of carboxylic acid groups (broad SMARTS) is 1. The molecule has 0 fully saturated rings. The average molecular weight is 452 g/mol. The van der Waals surface area contributed by atoms with Gasteiger partial charge < -0.3 is 16.2 Å². The molecule has 6 N–H and O–H groups in total. The molecule has 32 heavy (non-hydrogen) atoms. The van der Waals surface area contributed by atoms with Crippen LogP contribution in [0.4, 0.5) is 11.4 Å². The Morgan fingerprint density at radius 2 is 1.50 bits per heavy atom. The molecular formula is C22H20N4O5S. The van der Waals surface area contributed by atoms with Crippen molar-refractivity contribution in [2.45, 2.75) is 0 Å². The smallest absolute Gasteiger partial charge is 0.336 e. The summed E-state index contributed by atoms with van der Waals surface area (Å²) in [6, 6.07) is 17.0. The Bertz CT molecular complexity index is 1320. The van der Waals surface area contributed by atoms with Crippen LogP contribution < -0.4 is 15.8 Å². The van der Waals surface area contributed by atoms with Gasteiger partial charge in [0.1, 0.15) is 5.84 Å². The van der Waals surface area contributed by atoms with Crippen molar-refractivity contribution >= 4 is 39.1 Å². The van der Waals surface area contributed by atoms with E-state index >= 15 is 0 Å². The summed E-state index contributed by atoms with van der Waals surface area (Å²) in [4.78, 5) is 24.8. The number of carboxylic acids is 1. The number of carbonyl (C=O) groups excluding carboxylic acids is 1. The van der Waals surface area contributed by atoms with Gasteiger partial charge in [-0.15, -0.1) is 0 Å². The fraction of sp³-hybridized carbons (Fsp3) is 0.0455. The molecule has 0 spiro atoms. The average Bonchev–Trinajstić information content (AvgIpc) is 2.73. The van der Waals surface area contributed by atoms with E-state index in [1.807, 2.05) is 0 Å². The molecule has 0 bridgehead atoms. The number of amidine groups is 1. The Morgan fingerprint density at radius 3 is 2.09 bits per heavy atom. The molecule has 0 atom stereocenters. The van der Waals surface area contributed by atoms with E-state index in [-0.39, 0.29) is 28.2 Å². The van der Waals surface area contributed by atoms with E-state index in [4.69, 9.17) is 11.1 Å². The van der Waals surface area contributed by atoms with Crippen molar-refractivity contribution < 1.29 is 23.1 Å². The zero-order valence-electron chi connectivity index (χ0n) is 16.9. The van der Waals surface area contributed by atoms with E-state index in [1.165, 1.54) is 18.2 Å². The number of hydrogen-bond acceptors (Lipinski definition) is 5. The number of hydrogen-bond donors (Lipinski definition) is 5. The second-order valence-electron chi connectivity index (χ2n) is 6.93. The van der Waals surface area contributed by atoms with E-state index in [9.17, 15) is 23.1 Å². The van der Waals surface area contributed by atoms with Crippen LogP contribution in [0.2, 0.25) is 0 Å². The molecule has 0 saturated carbocycles. The van der Waals surface area contributed by atoms with E-state index in [0.717, 1.165) is 6.26 Å². The first-order chi connectivity index (χ1) is 15.0. The summed E-state index contributed by atoms with van der Waals surface area (Å²) < 4.78 is 25.2. The maximum Gasteiger partial charge on any atom is 0.336 e. The molecule has 0 aliphatic carbocycles. The van der Waals surface area contributed by atoms with E-state index in [1.54, 1.807) is 48.5 Å². The minimum Gasteiger partial charge on any atom is -0.478 e. The van der Waals surface area contributed by atoms with Gasteiger partial charge in [-0.05, 0) is 53.6 Å². The molecule has 3 rings (SSSR count). The Morgan fingerprint density at radius 1 is 0.906 bits per heavy atom. The predicted octanol–water partition coefficient (Wildman–Crippen LogP) is 2.96. The Labute approximate surface area is 184 Å². The summed E-state index contributed by atoms with van der Waals surface area (Å²) in [7, 11) is -3.59. The lowest BCUT2D eigenvalue weighted by molar-refractivity contribution is 0.0697. The number of carbonyl (C=O) groups is 2. The van der Waals surface area contributed by atoms with Crippen LogP contribution in [0.3, 0.4) is 0 Å². The van der Waals surface area contributed by atoms with Gasteiger partial charge in [0.15, 0.2) is 0 Å². The van der Waals surface area contributed by atoms with Gasteiger partial charge in [0.2, 0.25) is 10.0 Å². The maximum atomic E-state index is 12.9. The summed E-state index contributed by atoms with van der Waals surface area (Å²) >= 11 is 0. The monoisotopic (exact) mass is 452 g/mol. The fourth-order valence-corrected chi connectivity index (χ4v) is 3.64. The molecule has 1 amide bonds. The summed E-state index contributed by atoms with van der Waals surface area (Å²) in [5, 5.41) is 19.8. The van der Waals surface area contributed by atoms with Gasteiger partial charge in [-0.25, -0.2) is 13.2 Å². The number of nitrogens with one attached hydrogen (secondary N) is 3. The van der Waals surface area contributed by atoms with Crippen LogP contribution in [0.5, 0.6) is 0 Å². The van der Waals surface area contributed by atoms with Crippen LogP contribution >= 0.6 is 0 Å². The number of sulfonamides is 1. The second-order valence-corrected chi connectivity index (χ2v) is 8.68. The predicted molar refractivity (Wildman–Crippen MR) is 123 cm³/mol. The molecule has 10 heteroatoms. The molecule has 0 unspecified atom stereocenters. The Kier molecular flexibility index (Phi) is 6.26. The zero-order chi connectivity index (χ0) is 23.5.